The quantitative estimate of drug-likeness (QED) is 0.678. The summed E-state index contributed by atoms with van der Waals surface area (Å²) in [7, 11) is 1.90. The fourth-order valence-electron chi connectivity index (χ4n) is 1.83. The van der Waals surface area contributed by atoms with Crippen LogP contribution >= 0.6 is 0 Å². The predicted molar refractivity (Wildman–Crippen MR) is 55.2 cm³/mol. The van der Waals surface area contributed by atoms with Crippen molar-refractivity contribution in [1.82, 2.24) is 15.5 Å². The molecule has 0 aromatic rings. The van der Waals surface area contributed by atoms with E-state index >= 15 is 0 Å². The Balaban J connectivity index is 1.78. The normalized spacial score (nSPS) is 27.1. The number of likely N-dealkylation sites (N-methyl/N-ethyl adjacent to an activating group) is 1. The van der Waals surface area contributed by atoms with Crippen molar-refractivity contribution in [2.45, 2.75) is 37.8 Å². The fourth-order valence-corrected chi connectivity index (χ4v) is 1.83. The minimum absolute atomic E-state index is 0.0983. The molecule has 1 saturated heterocycles. The average Bonchev–Trinajstić information content (AvgIpc) is 3.02. The molecular formula is C10H19N3O. The molecule has 2 fully saturated rings. The maximum atomic E-state index is 11.7. The second-order valence-corrected chi connectivity index (χ2v) is 4.33. The van der Waals surface area contributed by atoms with Crippen molar-refractivity contribution in [2.24, 2.45) is 0 Å². The first-order valence-corrected chi connectivity index (χ1v) is 5.51. The van der Waals surface area contributed by atoms with Gasteiger partial charge in [0.15, 0.2) is 0 Å². The maximum absolute atomic E-state index is 11.7. The number of hydrogen-bond donors (Lipinski definition) is 2. The van der Waals surface area contributed by atoms with Crippen molar-refractivity contribution in [3.8, 4) is 0 Å². The molecule has 0 unspecified atom stereocenters. The zero-order chi connectivity index (χ0) is 9.97. The number of carbonyl (C=O) groups is 1. The molecule has 1 heterocycles. The minimum Gasteiger partial charge on any atom is -0.335 e. The number of urea groups is 1. The van der Waals surface area contributed by atoms with E-state index in [1.165, 1.54) is 6.42 Å². The third kappa shape index (κ3) is 2.38. The highest BCUT2D eigenvalue weighted by atomic mass is 16.2. The van der Waals surface area contributed by atoms with Gasteiger partial charge in [0, 0.05) is 25.7 Å². The molecule has 2 N–H and O–H groups in total. The van der Waals surface area contributed by atoms with Gasteiger partial charge >= 0.3 is 6.03 Å². The number of piperidine rings is 1. The summed E-state index contributed by atoms with van der Waals surface area (Å²) in [4.78, 5) is 13.5. The molecule has 1 atom stereocenters. The molecule has 1 aliphatic carbocycles. The largest absolute Gasteiger partial charge is 0.335 e. The van der Waals surface area contributed by atoms with Gasteiger partial charge < -0.3 is 15.5 Å². The minimum atomic E-state index is 0.0983. The van der Waals surface area contributed by atoms with Gasteiger partial charge in [0.1, 0.15) is 0 Å². The first-order valence-electron chi connectivity index (χ1n) is 5.51. The van der Waals surface area contributed by atoms with E-state index in [0.717, 1.165) is 32.4 Å². The van der Waals surface area contributed by atoms with Crippen molar-refractivity contribution in [2.75, 3.05) is 20.1 Å². The van der Waals surface area contributed by atoms with Crippen LogP contribution in [0, 0.1) is 0 Å². The molecule has 2 amide bonds. The number of hydrogen-bond acceptors (Lipinski definition) is 2. The molecule has 80 valence electrons. The lowest BCUT2D eigenvalue weighted by molar-refractivity contribution is 0.178. The van der Waals surface area contributed by atoms with Gasteiger partial charge in [-0.25, -0.2) is 4.79 Å². The predicted octanol–water partition coefficient (Wildman–Crippen LogP) is 0.542. The van der Waals surface area contributed by atoms with Gasteiger partial charge in [0.05, 0.1) is 0 Å². The van der Waals surface area contributed by atoms with Gasteiger partial charge in [0.2, 0.25) is 0 Å². The van der Waals surface area contributed by atoms with Crippen LogP contribution in [0.3, 0.4) is 0 Å². The Bertz CT molecular complexity index is 209. The first kappa shape index (κ1) is 9.77. The molecule has 14 heavy (non-hydrogen) atoms. The molecule has 0 aromatic carbocycles. The van der Waals surface area contributed by atoms with Crippen LogP contribution in [0.2, 0.25) is 0 Å². The number of amides is 2. The number of rotatable bonds is 2. The lowest BCUT2D eigenvalue weighted by Gasteiger charge is -2.31. The molecule has 0 spiro atoms. The summed E-state index contributed by atoms with van der Waals surface area (Å²) < 4.78 is 0. The molecule has 0 bridgehead atoms. The fraction of sp³-hybridized carbons (Fsp3) is 0.900. The lowest BCUT2D eigenvalue weighted by Crippen LogP contribution is -2.50. The van der Waals surface area contributed by atoms with Crippen LogP contribution in [0.4, 0.5) is 4.79 Å². The summed E-state index contributed by atoms with van der Waals surface area (Å²) in [5.74, 6) is 0. The van der Waals surface area contributed by atoms with Gasteiger partial charge in [-0.2, -0.15) is 0 Å². The molecule has 2 aliphatic rings. The molecule has 1 saturated carbocycles. The van der Waals surface area contributed by atoms with Gasteiger partial charge in [-0.15, -0.1) is 0 Å². The molecular weight excluding hydrogens is 178 g/mol. The molecule has 0 radical (unpaired) electrons. The van der Waals surface area contributed by atoms with Crippen LogP contribution in [0.1, 0.15) is 25.7 Å². The molecule has 0 aromatic heterocycles. The van der Waals surface area contributed by atoms with Crippen molar-refractivity contribution in [3.05, 3.63) is 0 Å². The van der Waals surface area contributed by atoms with Crippen LogP contribution in [0.5, 0.6) is 0 Å². The molecule has 1 aliphatic heterocycles. The summed E-state index contributed by atoms with van der Waals surface area (Å²) in [6.07, 6.45) is 4.61. The van der Waals surface area contributed by atoms with Gasteiger partial charge in [0.25, 0.3) is 0 Å². The Kier molecular flexibility index (Phi) is 2.91. The Labute approximate surface area is 85.0 Å². The third-order valence-electron chi connectivity index (χ3n) is 3.04. The Hall–Kier alpha value is -0.770. The number of nitrogens with zero attached hydrogens (tertiary/aromatic N) is 1. The SMILES string of the molecule is CN(C(=O)NC1CC1)[C@@H]1CCCNC1. The second kappa shape index (κ2) is 4.17. The van der Waals surface area contributed by atoms with Crippen molar-refractivity contribution < 1.29 is 4.79 Å². The Morgan fingerprint density at radius 2 is 2.21 bits per heavy atom. The highest BCUT2D eigenvalue weighted by Crippen LogP contribution is 2.19. The van der Waals surface area contributed by atoms with Gasteiger partial charge in [-0.1, -0.05) is 0 Å². The average molecular weight is 197 g/mol. The van der Waals surface area contributed by atoms with Crippen molar-refractivity contribution in [3.63, 3.8) is 0 Å². The Morgan fingerprint density at radius 1 is 1.43 bits per heavy atom. The van der Waals surface area contributed by atoms with Crippen LogP contribution in [0.25, 0.3) is 0 Å². The van der Waals surface area contributed by atoms with Gasteiger partial charge in [-0.05, 0) is 32.2 Å². The van der Waals surface area contributed by atoms with E-state index in [9.17, 15) is 4.79 Å². The Morgan fingerprint density at radius 3 is 2.79 bits per heavy atom. The number of carbonyl (C=O) groups excluding carboxylic acids is 1. The summed E-state index contributed by atoms with van der Waals surface area (Å²) >= 11 is 0. The van der Waals surface area contributed by atoms with E-state index in [0.29, 0.717) is 12.1 Å². The first-order chi connectivity index (χ1) is 6.77. The highest BCUT2D eigenvalue weighted by Gasteiger charge is 2.27. The van der Waals surface area contributed by atoms with E-state index in [2.05, 4.69) is 10.6 Å². The highest BCUT2D eigenvalue weighted by molar-refractivity contribution is 5.74. The second-order valence-electron chi connectivity index (χ2n) is 4.33. The van der Waals surface area contributed by atoms with E-state index in [1.807, 2.05) is 11.9 Å². The summed E-state index contributed by atoms with van der Waals surface area (Å²) in [5.41, 5.74) is 0. The van der Waals surface area contributed by atoms with E-state index in [4.69, 9.17) is 0 Å². The van der Waals surface area contributed by atoms with E-state index < -0.39 is 0 Å². The standard InChI is InChI=1S/C10H19N3O/c1-13(9-3-2-6-11-7-9)10(14)12-8-4-5-8/h8-9,11H,2-7H2,1H3,(H,12,14)/t9-/m1/s1. The van der Waals surface area contributed by atoms with Crippen molar-refractivity contribution >= 4 is 6.03 Å². The molecule has 4 nitrogen and oxygen atoms in total. The van der Waals surface area contributed by atoms with Crippen LogP contribution in [-0.4, -0.2) is 43.2 Å². The van der Waals surface area contributed by atoms with Crippen LogP contribution in [0.15, 0.2) is 0 Å². The van der Waals surface area contributed by atoms with Crippen LogP contribution < -0.4 is 10.6 Å². The monoisotopic (exact) mass is 197 g/mol. The van der Waals surface area contributed by atoms with Crippen molar-refractivity contribution in [1.29, 1.82) is 0 Å². The summed E-state index contributed by atoms with van der Waals surface area (Å²) in [5, 5.41) is 6.33. The third-order valence-corrected chi connectivity index (χ3v) is 3.04. The summed E-state index contributed by atoms with van der Waals surface area (Å²) in [6, 6.07) is 0.935. The number of nitrogens with one attached hydrogen (secondary N) is 2. The summed E-state index contributed by atoms with van der Waals surface area (Å²) in [6.45, 7) is 2.03. The van der Waals surface area contributed by atoms with E-state index in [-0.39, 0.29) is 6.03 Å². The van der Waals surface area contributed by atoms with Crippen LogP contribution in [-0.2, 0) is 0 Å². The molecule has 2 rings (SSSR count). The zero-order valence-electron chi connectivity index (χ0n) is 8.75. The zero-order valence-corrected chi connectivity index (χ0v) is 8.75. The lowest BCUT2D eigenvalue weighted by atomic mass is 10.1. The smallest absolute Gasteiger partial charge is 0.317 e. The topological polar surface area (TPSA) is 44.4 Å². The maximum Gasteiger partial charge on any atom is 0.317 e. The molecule has 4 heteroatoms. The van der Waals surface area contributed by atoms with E-state index in [1.54, 1.807) is 0 Å². The van der Waals surface area contributed by atoms with Gasteiger partial charge in [-0.3, -0.25) is 0 Å².